The van der Waals surface area contributed by atoms with E-state index >= 15 is 0 Å². The van der Waals surface area contributed by atoms with Gasteiger partial charge in [-0.25, -0.2) is 0 Å². The molecule has 0 saturated carbocycles. The smallest absolute Gasteiger partial charge is 0.0717 e. The van der Waals surface area contributed by atoms with Crippen molar-refractivity contribution in [2.24, 2.45) is 11.3 Å². The summed E-state index contributed by atoms with van der Waals surface area (Å²) < 4.78 is 10.9. The molecule has 3 heteroatoms. The van der Waals surface area contributed by atoms with Gasteiger partial charge in [0.05, 0.1) is 19.8 Å². The molecule has 1 atom stereocenters. The zero-order valence-corrected chi connectivity index (χ0v) is 13.3. The summed E-state index contributed by atoms with van der Waals surface area (Å²) in [5.74, 6) is 0.489. The maximum atomic E-state index is 5.89. The lowest BCUT2D eigenvalue weighted by Crippen LogP contribution is -2.36. The maximum absolute atomic E-state index is 5.89. The van der Waals surface area contributed by atoms with Crippen LogP contribution >= 0.6 is 0 Å². The predicted molar refractivity (Wildman–Crippen MR) is 83.8 cm³/mol. The number of hydrogen-bond acceptors (Lipinski definition) is 3. The van der Waals surface area contributed by atoms with Gasteiger partial charge in [0, 0.05) is 20.2 Å². The standard InChI is InChI=1S/C17H29NO2/c1-17(2,3)16(12-18-10-11-19-4)14-20-13-15-8-6-5-7-9-15/h5-9,16,18H,10-14H2,1-4H3. The Balaban J connectivity index is 2.33. The molecule has 0 aliphatic heterocycles. The first-order chi connectivity index (χ1) is 9.54. The lowest BCUT2D eigenvalue weighted by Gasteiger charge is -2.31. The van der Waals surface area contributed by atoms with Crippen molar-refractivity contribution in [3.63, 3.8) is 0 Å². The van der Waals surface area contributed by atoms with Crippen molar-refractivity contribution in [3.8, 4) is 0 Å². The minimum absolute atomic E-state index is 0.233. The number of ether oxygens (including phenoxy) is 2. The first kappa shape index (κ1) is 17.2. The molecule has 0 bridgehead atoms. The number of benzene rings is 1. The maximum Gasteiger partial charge on any atom is 0.0717 e. The molecule has 0 aliphatic rings. The summed E-state index contributed by atoms with van der Waals surface area (Å²) >= 11 is 0. The van der Waals surface area contributed by atoms with E-state index in [1.165, 1.54) is 5.56 Å². The van der Waals surface area contributed by atoms with E-state index in [1.54, 1.807) is 7.11 Å². The highest BCUT2D eigenvalue weighted by molar-refractivity contribution is 5.13. The second-order valence-electron chi connectivity index (χ2n) is 6.26. The summed E-state index contributed by atoms with van der Waals surface area (Å²) in [7, 11) is 1.73. The van der Waals surface area contributed by atoms with Gasteiger partial charge in [-0.05, 0) is 16.9 Å². The second kappa shape index (κ2) is 9.11. The van der Waals surface area contributed by atoms with E-state index < -0.39 is 0 Å². The highest BCUT2D eigenvalue weighted by Gasteiger charge is 2.24. The molecule has 0 fully saturated rings. The first-order valence-electron chi connectivity index (χ1n) is 7.35. The largest absolute Gasteiger partial charge is 0.383 e. The Morgan fingerprint density at radius 1 is 1.15 bits per heavy atom. The minimum Gasteiger partial charge on any atom is -0.383 e. The fourth-order valence-corrected chi connectivity index (χ4v) is 1.96. The van der Waals surface area contributed by atoms with Gasteiger partial charge in [-0.1, -0.05) is 51.1 Å². The van der Waals surface area contributed by atoms with Crippen molar-refractivity contribution in [3.05, 3.63) is 35.9 Å². The predicted octanol–water partition coefficient (Wildman–Crippen LogP) is 3.10. The van der Waals surface area contributed by atoms with Crippen molar-refractivity contribution >= 4 is 0 Å². The van der Waals surface area contributed by atoms with Crippen LogP contribution in [0, 0.1) is 11.3 Å². The molecule has 0 aromatic heterocycles. The van der Waals surface area contributed by atoms with Crippen molar-refractivity contribution < 1.29 is 9.47 Å². The molecule has 0 amide bonds. The van der Waals surface area contributed by atoms with Gasteiger partial charge in [0.1, 0.15) is 0 Å². The van der Waals surface area contributed by atoms with Crippen LogP contribution in [0.4, 0.5) is 0 Å². The third kappa shape index (κ3) is 7.04. The van der Waals surface area contributed by atoms with Gasteiger partial charge >= 0.3 is 0 Å². The van der Waals surface area contributed by atoms with E-state index in [0.29, 0.717) is 12.5 Å². The van der Waals surface area contributed by atoms with Crippen LogP contribution in [0.5, 0.6) is 0 Å². The van der Waals surface area contributed by atoms with Gasteiger partial charge in [-0.2, -0.15) is 0 Å². The number of methoxy groups -OCH3 is 1. The molecule has 0 aliphatic carbocycles. The van der Waals surface area contributed by atoms with E-state index in [0.717, 1.165) is 26.3 Å². The first-order valence-corrected chi connectivity index (χ1v) is 7.35. The van der Waals surface area contributed by atoms with Gasteiger partial charge < -0.3 is 14.8 Å². The van der Waals surface area contributed by atoms with Gasteiger partial charge in [0.2, 0.25) is 0 Å². The van der Waals surface area contributed by atoms with Gasteiger partial charge in [-0.15, -0.1) is 0 Å². The molecule has 1 aromatic carbocycles. The zero-order chi connectivity index (χ0) is 14.8. The van der Waals surface area contributed by atoms with Crippen molar-refractivity contribution in [1.82, 2.24) is 5.32 Å². The van der Waals surface area contributed by atoms with Crippen LogP contribution in [-0.4, -0.2) is 33.4 Å². The number of rotatable bonds is 9. The average Bonchev–Trinajstić information content (AvgIpc) is 2.41. The van der Waals surface area contributed by atoms with Crippen LogP contribution in [0.25, 0.3) is 0 Å². The van der Waals surface area contributed by atoms with E-state index in [2.05, 4.69) is 38.2 Å². The van der Waals surface area contributed by atoms with Crippen LogP contribution in [0.15, 0.2) is 30.3 Å². The normalized spacial score (nSPS) is 13.4. The molecule has 0 heterocycles. The van der Waals surface area contributed by atoms with Crippen LogP contribution in [0.3, 0.4) is 0 Å². The highest BCUT2D eigenvalue weighted by Crippen LogP contribution is 2.25. The van der Waals surface area contributed by atoms with Gasteiger partial charge in [0.25, 0.3) is 0 Å². The quantitative estimate of drug-likeness (QED) is 0.705. The molecule has 3 nitrogen and oxygen atoms in total. The van der Waals surface area contributed by atoms with E-state index in [9.17, 15) is 0 Å². The summed E-state index contributed by atoms with van der Waals surface area (Å²) in [5.41, 5.74) is 1.46. The van der Waals surface area contributed by atoms with Gasteiger partial charge in [0.15, 0.2) is 0 Å². The lowest BCUT2D eigenvalue weighted by atomic mass is 9.81. The SMILES string of the molecule is COCCNCC(COCc1ccccc1)C(C)(C)C. The minimum atomic E-state index is 0.233. The van der Waals surface area contributed by atoms with E-state index in [-0.39, 0.29) is 5.41 Å². The molecule has 114 valence electrons. The third-order valence-electron chi connectivity index (χ3n) is 3.53. The van der Waals surface area contributed by atoms with Crippen LogP contribution in [0.2, 0.25) is 0 Å². The van der Waals surface area contributed by atoms with Crippen LogP contribution in [0.1, 0.15) is 26.3 Å². The Morgan fingerprint density at radius 2 is 1.85 bits per heavy atom. The Hall–Kier alpha value is -0.900. The van der Waals surface area contributed by atoms with E-state index in [4.69, 9.17) is 9.47 Å². The van der Waals surface area contributed by atoms with E-state index in [1.807, 2.05) is 18.2 Å². The Bertz CT molecular complexity index is 346. The molecule has 20 heavy (non-hydrogen) atoms. The van der Waals surface area contributed by atoms with Gasteiger partial charge in [-0.3, -0.25) is 0 Å². The van der Waals surface area contributed by atoms with Crippen LogP contribution < -0.4 is 5.32 Å². The molecule has 0 spiro atoms. The molecular formula is C17H29NO2. The molecular weight excluding hydrogens is 250 g/mol. The highest BCUT2D eigenvalue weighted by atomic mass is 16.5. The topological polar surface area (TPSA) is 30.5 Å². The van der Waals surface area contributed by atoms with Crippen molar-refractivity contribution in [2.75, 3.05) is 33.4 Å². The Morgan fingerprint density at radius 3 is 2.45 bits per heavy atom. The van der Waals surface area contributed by atoms with Crippen molar-refractivity contribution in [1.29, 1.82) is 0 Å². The fraction of sp³-hybridized carbons (Fsp3) is 0.647. The third-order valence-corrected chi connectivity index (χ3v) is 3.53. The summed E-state index contributed by atoms with van der Waals surface area (Å²) in [6.45, 7) is 10.9. The Labute approximate surface area is 123 Å². The summed E-state index contributed by atoms with van der Waals surface area (Å²) in [4.78, 5) is 0. The lowest BCUT2D eigenvalue weighted by molar-refractivity contribution is 0.0449. The van der Waals surface area contributed by atoms with Crippen molar-refractivity contribution in [2.45, 2.75) is 27.4 Å². The summed E-state index contributed by atoms with van der Waals surface area (Å²) in [5, 5.41) is 3.44. The average molecular weight is 279 g/mol. The second-order valence-corrected chi connectivity index (χ2v) is 6.26. The molecule has 1 N–H and O–H groups in total. The number of nitrogens with one attached hydrogen (secondary N) is 1. The molecule has 0 radical (unpaired) electrons. The zero-order valence-electron chi connectivity index (χ0n) is 13.3. The van der Waals surface area contributed by atoms with Crippen LogP contribution in [-0.2, 0) is 16.1 Å². The molecule has 0 saturated heterocycles. The monoisotopic (exact) mass is 279 g/mol. The summed E-state index contributed by atoms with van der Waals surface area (Å²) in [6.07, 6.45) is 0. The molecule has 1 unspecified atom stereocenters. The molecule has 1 rings (SSSR count). The summed E-state index contributed by atoms with van der Waals surface area (Å²) in [6, 6.07) is 10.3. The fourth-order valence-electron chi connectivity index (χ4n) is 1.96. The molecule has 1 aromatic rings. The Kier molecular flexibility index (Phi) is 7.82. The number of hydrogen-bond donors (Lipinski definition) is 1.